The van der Waals surface area contributed by atoms with Gasteiger partial charge in [-0.1, -0.05) is 13.0 Å². The molecule has 1 aromatic rings. The van der Waals surface area contributed by atoms with Crippen molar-refractivity contribution in [2.24, 2.45) is 0 Å². The second kappa shape index (κ2) is 5.06. The summed E-state index contributed by atoms with van der Waals surface area (Å²) in [6, 6.07) is 4.77. The number of anilines is 1. The first kappa shape index (κ1) is 13.0. The van der Waals surface area contributed by atoms with Gasteiger partial charge in [-0.3, -0.25) is 4.79 Å². The largest absolute Gasteiger partial charge is 0.324 e. The van der Waals surface area contributed by atoms with Gasteiger partial charge in [0.2, 0.25) is 5.91 Å². The zero-order valence-corrected chi connectivity index (χ0v) is 10.8. The van der Waals surface area contributed by atoms with Crippen LogP contribution in [0.2, 0.25) is 0 Å². The summed E-state index contributed by atoms with van der Waals surface area (Å²) >= 11 is 0. The molecule has 0 aromatic heterocycles. The van der Waals surface area contributed by atoms with E-state index in [1.807, 2.05) is 6.92 Å². The zero-order chi connectivity index (χ0) is 13.2. The van der Waals surface area contributed by atoms with Gasteiger partial charge in [0.05, 0.1) is 5.54 Å². The van der Waals surface area contributed by atoms with Crippen LogP contribution in [0.5, 0.6) is 0 Å². The highest BCUT2D eigenvalue weighted by Crippen LogP contribution is 2.25. The lowest BCUT2D eigenvalue weighted by molar-refractivity contribution is -0.122. The van der Waals surface area contributed by atoms with Crippen LogP contribution >= 0.6 is 0 Å². The topological polar surface area (TPSA) is 41.1 Å². The average molecular weight is 250 g/mol. The van der Waals surface area contributed by atoms with Crippen LogP contribution in [-0.4, -0.2) is 18.0 Å². The molecule has 1 fully saturated rings. The summed E-state index contributed by atoms with van der Waals surface area (Å²) in [5.74, 6) is -0.358. The first-order valence-corrected chi connectivity index (χ1v) is 6.40. The van der Waals surface area contributed by atoms with Gasteiger partial charge < -0.3 is 10.6 Å². The Labute approximate surface area is 107 Å². The fourth-order valence-electron chi connectivity index (χ4n) is 2.38. The Balaban J connectivity index is 2.13. The number of halogens is 1. The molecule has 0 bridgehead atoms. The van der Waals surface area contributed by atoms with Crippen molar-refractivity contribution in [2.75, 3.05) is 11.9 Å². The number of nitrogens with one attached hydrogen (secondary N) is 2. The van der Waals surface area contributed by atoms with Crippen LogP contribution in [0.15, 0.2) is 18.2 Å². The number of aryl methyl sites for hydroxylation is 1. The second-order valence-corrected chi connectivity index (χ2v) is 4.88. The van der Waals surface area contributed by atoms with Gasteiger partial charge in [-0.25, -0.2) is 4.39 Å². The van der Waals surface area contributed by atoms with E-state index < -0.39 is 5.54 Å². The van der Waals surface area contributed by atoms with Gasteiger partial charge in [0, 0.05) is 5.69 Å². The Morgan fingerprint density at radius 3 is 2.89 bits per heavy atom. The summed E-state index contributed by atoms with van der Waals surface area (Å²) in [6.45, 7) is 4.56. The Hall–Kier alpha value is -1.42. The van der Waals surface area contributed by atoms with Crippen molar-refractivity contribution >= 4 is 11.6 Å². The second-order valence-electron chi connectivity index (χ2n) is 4.88. The Bertz CT molecular complexity index is 453. The first-order valence-electron chi connectivity index (χ1n) is 6.40. The van der Waals surface area contributed by atoms with E-state index in [-0.39, 0.29) is 11.7 Å². The SMILES string of the molecule is CCC1(C(=O)Nc2ccc(C)c(F)c2)CCCN1. The molecular formula is C14H19FN2O. The number of carbonyl (C=O) groups is 1. The molecular weight excluding hydrogens is 231 g/mol. The predicted octanol–water partition coefficient (Wildman–Crippen LogP) is 2.60. The Morgan fingerprint density at radius 2 is 2.33 bits per heavy atom. The van der Waals surface area contributed by atoms with E-state index in [1.54, 1.807) is 19.1 Å². The third kappa shape index (κ3) is 2.38. The van der Waals surface area contributed by atoms with E-state index in [0.29, 0.717) is 11.3 Å². The van der Waals surface area contributed by atoms with Crippen LogP contribution in [0.25, 0.3) is 0 Å². The molecule has 0 radical (unpaired) electrons. The third-order valence-electron chi connectivity index (χ3n) is 3.71. The maximum atomic E-state index is 13.4. The highest BCUT2D eigenvalue weighted by atomic mass is 19.1. The van der Waals surface area contributed by atoms with Crippen LogP contribution < -0.4 is 10.6 Å². The van der Waals surface area contributed by atoms with E-state index in [9.17, 15) is 9.18 Å². The fourth-order valence-corrected chi connectivity index (χ4v) is 2.38. The van der Waals surface area contributed by atoms with Crippen molar-refractivity contribution in [1.29, 1.82) is 0 Å². The number of hydrogen-bond donors (Lipinski definition) is 2. The maximum absolute atomic E-state index is 13.4. The van der Waals surface area contributed by atoms with E-state index >= 15 is 0 Å². The maximum Gasteiger partial charge on any atom is 0.244 e. The number of carbonyl (C=O) groups excluding carboxylic acids is 1. The third-order valence-corrected chi connectivity index (χ3v) is 3.71. The van der Waals surface area contributed by atoms with Gasteiger partial charge >= 0.3 is 0 Å². The monoisotopic (exact) mass is 250 g/mol. The lowest BCUT2D eigenvalue weighted by Gasteiger charge is -2.26. The van der Waals surface area contributed by atoms with E-state index in [2.05, 4.69) is 10.6 Å². The molecule has 1 saturated heterocycles. The van der Waals surface area contributed by atoms with Crippen molar-refractivity contribution in [3.8, 4) is 0 Å². The van der Waals surface area contributed by atoms with Crippen molar-refractivity contribution < 1.29 is 9.18 Å². The van der Waals surface area contributed by atoms with Gasteiger partial charge in [0.15, 0.2) is 0 Å². The standard InChI is InChI=1S/C14H19FN2O/c1-3-14(7-4-8-16-14)13(18)17-11-6-5-10(2)12(15)9-11/h5-6,9,16H,3-4,7-8H2,1-2H3,(H,17,18). The molecule has 1 aliphatic rings. The molecule has 1 amide bonds. The average Bonchev–Trinajstić information content (AvgIpc) is 2.84. The van der Waals surface area contributed by atoms with Crippen molar-refractivity contribution in [1.82, 2.24) is 5.32 Å². The fraction of sp³-hybridized carbons (Fsp3) is 0.500. The van der Waals surface area contributed by atoms with Crippen LogP contribution in [0.3, 0.4) is 0 Å². The molecule has 0 saturated carbocycles. The van der Waals surface area contributed by atoms with Crippen LogP contribution in [0.4, 0.5) is 10.1 Å². The molecule has 2 rings (SSSR count). The molecule has 1 aromatic carbocycles. The van der Waals surface area contributed by atoms with Crippen LogP contribution in [0, 0.1) is 12.7 Å². The molecule has 3 nitrogen and oxygen atoms in total. The van der Waals surface area contributed by atoms with Crippen molar-refractivity contribution in [2.45, 2.75) is 38.6 Å². The lowest BCUT2D eigenvalue weighted by atomic mass is 9.93. The molecule has 0 aliphatic carbocycles. The number of rotatable bonds is 3. The summed E-state index contributed by atoms with van der Waals surface area (Å²) in [4.78, 5) is 12.3. The molecule has 98 valence electrons. The minimum absolute atomic E-state index is 0.0641. The van der Waals surface area contributed by atoms with E-state index in [0.717, 1.165) is 25.8 Å². The van der Waals surface area contributed by atoms with Crippen LogP contribution in [0.1, 0.15) is 31.7 Å². The summed E-state index contributed by atoms with van der Waals surface area (Å²) < 4.78 is 13.4. The van der Waals surface area contributed by atoms with Gasteiger partial charge in [0.25, 0.3) is 0 Å². The van der Waals surface area contributed by atoms with Crippen molar-refractivity contribution in [3.05, 3.63) is 29.6 Å². The molecule has 1 atom stereocenters. The van der Waals surface area contributed by atoms with Crippen molar-refractivity contribution in [3.63, 3.8) is 0 Å². The Kier molecular flexibility index (Phi) is 3.66. The van der Waals surface area contributed by atoms with Gasteiger partial charge in [-0.05, 0) is 50.4 Å². The molecule has 0 spiro atoms. The predicted molar refractivity (Wildman–Crippen MR) is 70.0 cm³/mol. The minimum Gasteiger partial charge on any atom is -0.324 e. The number of benzene rings is 1. The quantitative estimate of drug-likeness (QED) is 0.865. The summed E-state index contributed by atoms with van der Waals surface area (Å²) in [5, 5.41) is 6.06. The number of amides is 1. The van der Waals surface area contributed by atoms with Gasteiger partial charge in [-0.2, -0.15) is 0 Å². The van der Waals surface area contributed by atoms with Crippen LogP contribution in [-0.2, 0) is 4.79 Å². The minimum atomic E-state index is -0.485. The first-order chi connectivity index (χ1) is 8.57. The molecule has 2 N–H and O–H groups in total. The molecule has 1 unspecified atom stereocenters. The summed E-state index contributed by atoms with van der Waals surface area (Å²) in [6.07, 6.45) is 2.58. The lowest BCUT2D eigenvalue weighted by Crippen LogP contribution is -2.50. The molecule has 1 heterocycles. The number of hydrogen-bond acceptors (Lipinski definition) is 2. The zero-order valence-electron chi connectivity index (χ0n) is 10.8. The molecule has 18 heavy (non-hydrogen) atoms. The van der Waals surface area contributed by atoms with Gasteiger partial charge in [0.1, 0.15) is 5.82 Å². The smallest absolute Gasteiger partial charge is 0.244 e. The molecule has 1 aliphatic heterocycles. The Morgan fingerprint density at radius 1 is 1.56 bits per heavy atom. The highest BCUT2D eigenvalue weighted by molar-refractivity contribution is 5.98. The van der Waals surface area contributed by atoms with Gasteiger partial charge in [-0.15, -0.1) is 0 Å². The highest BCUT2D eigenvalue weighted by Gasteiger charge is 2.39. The molecule has 4 heteroatoms. The summed E-state index contributed by atoms with van der Waals surface area (Å²) in [5.41, 5.74) is 0.614. The summed E-state index contributed by atoms with van der Waals surface area (Å²) in [7, 11) is 0. The normalized spacial score (nSPS) is 23.1. The van der Waals surface area contributed by atoms with E-state index in [4.69, 9.17) is 0 Å². The van der Waals surface area contributed by atoms with E-state index in [1.165, 1.54) is 6.07 Å².